The van der Waals surface area contributed by atoms with Crippen molar-refractivity contribution in [2.24, 2.45) is 10.9 Å². The Morgan fingerprint density at radius 1 is 1.17 bits per heavy atom. The summed E-state index contributed by atoms with van der Waals surface area (Å²) in [6.07, 6.45) is 0.159. The van der Waals surface area contributed by atoms with E-state index in [1.807, 2.05) is 24.3 Å². The first-order chi connectivity index (χ1) is 11.0. The number of nitrogens with zero attached hydrogens (tertiary/aromatic N) is 1. The first-order valence-corrected chi connectivity index (χ1v) is 11.5. The van der Waals surface area contributed by atoms with Crippen LogP contribution in [0.15, 0.2) is 29.3 Å². The predicted molar refractivity (Wildman–Crippen MR) is 102 cm³/mol. The maximum absolute atomic E-state index is 6.45. The second kappa shape index (κ2) is 6.88. The van der Waals surface area contributed by atoms with Crippen LogP contribution in [0.5, 0.6) is 5.75 Å². The Bertz CT molecular complexity index is 590. The number of ether oxygens (including phenoxy) is 2. The van der Waals surface area contributed by atoms with Gasteiger partial charge in [0, 0.05) is 0 Å². The van der Waals surface area contributed by atoms with Crippen LogP contribution < -0.4 is 4.74 Å². The highest BCUT2D eigenvalue weighted by atomic mass is 28.4. The van der Waals surface area contributed by atoms with Crippen LogP contribution in [-0.2, 0) is 9.16 Å². The molecule has 1 saturated heterocycles. The highest BCUT2D eigenvalue weighted by molar-refractivity contribution is 6.74. The summed E-state index contributed by atoms with van der Waals surface area (Å²) < 4.78 is 17.6. The minimum atomic E-state index is -1.78. The largest absolute Gasteiger partial charge is 0.497 e. The summed E-state index contributed by atoms with van der Waals surface area (Å²) in [7, 11) is -0.124. The molecule has 0 unspecified atom stereocenters. The second-order valence-electron chi connectivity index (χ2n) is 8.10. The molecule has 1 heterocycles. The summed E-state index contributed by atoms with van der Waals surface area (Å²) in [4.78, 5) is 4.59. The quantitative estimate of drug-likeness (QED) is 0.688. The first-order valence-electron chi connectivity index (χ1n) is 8.62. The van der Waals surface area contributed by atoms with E-state index in [0.717, 1.165) is 17.3 Å². The summed E-state index contributed by atoms with van der Waals surface area (Å²) in [5.41, 5.74) is 0.883. The van der Waals surface area contributed by atoms with Crippen LogP contribution >= 0.6 is 0 Å². The Hall–Kier alpha value is -1.33. The van der Waals surface area contributed by atoms with Gasteiger partial charge in [-0.1, -0.05) is 27.7 Å². The van der Waals surface area contributed by atoms with Gasteiger partial charge in [0.1, 0.15) is 11.9 Å². The monoisotopic (exact) mass is 349 g/mol. The van der Waals surface area contributed by atoms with E-state index in [1.165, 1.54) is 0 Å². The van der Waals surface area contributed by atoms with E-state index >= 15 is 0 Å². The number of hydrogen-bond donors (Lipinski definition) is 0. The lowest BCUT2D eigenvalue weighted by Gasteiger charge is -2.45. The van der Waals surface area contributed by atoms with E-state index in [-0.39, 0.29) is 23.2 Å². The molecule has 1 aromatic carbocycles. The molecular formula is C19H31NO3Si. The lowest BCUT2D eigenvalue weighted by atomic mass is 9.94. The van der Waals surface area contributed by atoms with Gasteiger partial charge in [-0.05, 0) is 49.3 Å². The van der Waals surface area contributed by atoms with Crippen LogP contribution in [0, 0.1) is 5.92 Å². The number of benzene rings is 1. The van der Waals surface area contributed by atoms with Gasteiger partial charge < -0.3 is 13.9 Å². The van der Waals surface area contributed by atoms with Crippen LogP contribution in [0.2, 0.25) is 18.1 Å². The molecule has 24 heavy (non-hydrogen) atoms. The molecule has 5 heteroatoms. The summed E-state index contributed by atoms with van der Waals surface area (Å²) in [6, 6.07) is 7.68. The highest BCUT2D eigenvalue weighted by Gasteiger charge is 2.45. The van der Waals surface area contributed by atoms with Gasteiger partial charge >= 0.3 is 0 Å². The standard InChI is InChI=1S/C19H31NO3Si/c1-13-17(14(2)23-24(7,8)19(3,4)5)22-18(13)20-15-9-11-16(21-6)12-10-15/h9-14,17H,1-8H3/t13-,14-,17+/m0/s1. The van der Waals surface area contributed by atoms with Crippen molar-refractivity contribution in [1.29, 1.82) is 0 Å². The summed E-state index contributed by atoms with van der Waals surface area (Å²) >= 11 is 0. The molecule has 1 aliphatic heterocycles. The number of methoxy groups -OCH3 is 1. The Morgan fingerprint density at radius 3 is 2.21 bits per heavy atom. The zero-order valence-corrected chi connectivity index (χ0v) is 17.2. The van der Waals surface area contributed by atoms with Gasteiger partial charge in [0.15, 0.2) is 14.2 Å². The average Bonchev–Trinajstić information content (AvgIpc) is 2.49. The van der Waals surface area contributed by atoms with Gasteiger partial charge in [0.2, 0.25) is 0 Å². The van der Waals surface area contributed by atoms with Gasteiger partial charge in [-0.15, -0.1) is 0 Å². The molecule has 0 bridgehead atoms. The van der Waals surface area contributed by atoms with Crippen molar-refractivity contribution in [3.8, 4) is 5.75 Å². The molecule has 0 spiro atoms. The fraction of sp³-hybridized carbons (Fsp3) is 0.632. The lowest BCUT2D eigenvalue weighted by Crippen LogP contribution is -2.54. The van der Waals surface area contributed by atoms with Gasteiger partial charge in [-0.2, -0.15) is 0 Å². The minimum Gasteiger partial charge on any atom is -0.497 e. The first kappa shape index (κ1) is 19.0. The van der Waals surface area contributed by atoms with Crippen molar-refractivity contribution in [3.05, 3.63) is 24.3 Å². The van der Waals surface area contributed by atoms with Gasteiger partial charge in [-0.3, -0.25) is 0 Å². The fourth-order valence-corrected chi connectivity index (χ4v) is 3.96. The van der Waals surface area contributed by atoms with Gasteiger partial charge in [0.25, 0.3) is 0 Å². The predicted octanol–water partition coefficient (Wildman–Crippen LogP) is 5.17. The van der Waals surface area contributed by atoms with Crippen LogP contribution in [-0.4, -0.2) is 33.5 Å². The molecule has 0 N–H and O–H groups in total. The summed E-state index contributed by atoms with van der Waals surface area (Å²) in [5.74, 6) is 1.89. The molecule has 0 aromatic heterocycles. The maximum atomic E-state index is 6.45. The number of aliphatic imine (C=N–C) groups is 1. The molecule has 0 amide bonds. The smallest absolute Gasteiger partial charge is 0.195 e. The minimum absolute atomic E-state index is 0.0794. The molecule has 2 rings (SSSR count). The van der Waals surface area contributed by atoms with Crippen molar-refractivity contribution in [2.75, 3.05) is 7.11 Å². The molecule has 1 fully saturated rings. The molecule has 134 valence electrons. The highest BCUT2D eigenvalue weighted by Crippen LogP contribution is 2.39. The van der Waals surface area contributed by atoms with Gasteiger partial charge in [-0.25, -0.2) is 4.99 Å². The van der Waals surface area contributed by atoms with Crippen molar-refractivity contribution in [3.63, 3.8) is 0 Å². The van der Waals surface area contributed by atoms with Crippen LogP contribution in [0.25, 0.3) is 0 Å². The molecular weight excluding hydrogens is 318 g/mol. The lowest BCUT2D eigenvalue weighted by molar-refractivity contribution is -0.0253. The summed E-state index contributed by atoms with van der Waals surface area (Å²) in [5, 5.41) is 0.203. The molecule has 0 radical (unpaired) electrons. The fourth-order valence-electron chi connectivity index (χ4n) is 2.54. The van der Waals surface area contributed by atoms with E-state index in [9.17, 15) is 0 Å². The molecule has 4 nitrogen and oxygen atoms in total. The van der Waals surface area contributed by atoms with E-state index in [1.54, 1.807) is 7.11 Å². The number of hydrogen-bond acceptors (Lipinski definition) is 4. The Balaban J connectivity index is 1.98. The van der Waals surface area contributed by atoms with E-state index < -0.39 is 8.32 Å². The molecule has 0 saturated carbocycles. The normalized spacial score (nSPS) is 24.2. The van der Waals surface area contributed by atoms with Crippen LogP contribution in [0.4, 0.5) is 5.69 Å². The van der Waals surface area contributed by atoms with Crippen molar-refractivity contribution < 1.29 is 13.9 Å². The Labute approximate surface area is 147 Å². The zero-order valence-electron chi connectivity index (χ0n) is 16.2. The molecule has 1 aliphatic rings. The van der Waals surface area contributed by atoms with Crippen LogP contribution in [0.3, 0.4) is 0 Å². The van der Waals surface area contributed by atoms with E-state index in [2.05, 4.69) is 52.7 Å². The number of rotatable bonds is 5. The maximum Gasteiger partial charge on any atom is 0.195 e. The SMILES string of the molecule is COc1ccc(N=C2O[C@@H]([C@H](C)O[Si](C)(C)C(C)(C)C)[C@@H]2C)cc1. The third-order valence-corrected chi connectivity index (χ3v) is 9.77. The van der Waals surface area contributed by atoms with Crippen molar-refractivity contribution in [1.82, 2.24) is 0 Å². The van der Waals surface area contributed by atoms with Crippen molar-refractivity contribution in [2.45, 2.75) is 65.0 Å². The third kappa shape index (κ3) is 4.01. The Morgan fingerprint density at radius 2 is 1.75 bits per heavy atom. The van der Waals surface area contributed by atoms with Crippen molar-refractivity contribution >= 4 is 19.9 Å². The third-order valence-electron chi connectivity index (χ3n) is 5.20. The zero-order chi connectivity index (χ0) is 18.1. The van der Waals surface area contributed by atoms with E-state index in [0.29, 0.717) is 0 Å². The second-order valence-corrected chi connectivity index (χ2v) is 12.9. The molecule has 1 aromatic rings. The molecule has 0 aliphatic carbocycles. The van der Waals surface area contributed by atoms with E-state index in [4.69, 9.17) is 13.9 Å². The Kier molecular flexibility index (Phi) is 5.45. The topological polar surface area (TPSA) is 40.0 Å². The van der Waals surface area contributed by atoms with Gasteiger partial charge in [0.05, 0.1) is 24.8 Å². The molecule has 3 atom stereocenters. The average molecular weight is 350 g/mol. The summed E-state index contributed by atoms with van der Waals surface area (Å²) in [6.45, 7) is 15.6. The van der Waals surface area contributed by atoms with Crippen LogP contribution in [0.1, 0.15) is 34.6 Å².